The Labute approximate surface area is 352 Å². The van der Waals surface area contributed by atoms with Crippen LogP contribution in [0.4, 0.5) is 4.79 Å². The van der Waals surface area contributed by atoms with Gasteiger partial charge in [0.05, 0.1) is 25.0 Å². The molecule has 4 unspecified atom stereocenters. The lowest BCUT2D eigenvalue weighted by molar-refractivity contribution is -0.177. The van der Waals surface area contributed by atoms with E-state index in [4.69, 9.17) is 23.3 Å². The predicted molar refractivity (Wildman–Crippen MR) is 215 cm³/mol. The Morgan fingerprint density at radius 3 is 2.15 bits per heavy atom. The topological polar surface area (TPSA) is 274 Å². The van der Waals surface area contributed by atoms with Gasteiger partial charge < -0.3 is 43.8 Å². The number of hydrogen-bond donors (Lipinski definition) is 3. The summed E-state index contributed by atoms with van der Waals surface area (Å²) >= 11 is 1.20. The number of aromatic nitrogens is 2. The monoisotopic (exact) mass is 875 g/mol. The quantitative estimate of drug-likeness (QED) is 0.0472. The Hall–Kier alpha value is -7.20. The number of amides is 3. The highest BCUT2D eigenvalue weighted by Gasteiger charge is 2.64. The van der Waals surface area contributed by atoms with E-state index in [0.717, 1.165) is 7.11 Å². The third-order valence-electron chi connectivity index (χ3n) is 10.3. The van der Waals surface area contributed by atoms with E-state index in [1.807, 2.05) is 0 Å². The van der Waals surface area contributed by atoms with Gasteiger partial charge in [-0.15, -0.1) is 11.8 Å². The molecule has 3 N–H and O–H groups in total. The fourth-order valence-corrected chi connectivity index (χ4v) is 9.14. The summed E-state index contributed by atoms with van der Waals surface area (Å²) in [7, 11) is 2.24. The molecule has 2 aliphatic heterocycles. The fraction of sp³-hybridized carbons (Fsp3) is 0.325. The van der Waals surface area contributed by atoms with Gasteiger partial charge in [-0.05, 0) is 56.5 Å². The normalized spacial score (nSPS) is 18.6. The molecule has 3 aromatic carbocycles. The van der Waals surface area contributed by atoms with Gasteiger partial charge in [0, 0.05) is 11.3 Å². The van der Waals surface area contributed by atoms with Gasteiger partial charge in [-0.3, -0.25) is 24.0 Å². The number of ether oxygens (including phenoxy) is 2. The molecule has 0 spiro atoms. The zero-order valence-corrected chi connectivity index (χ0v) is 34.0. The zero-order chi connectivity index (χ0) is 44.6. The second-order valence-corrected chi connectivity index (χ2v) is 16.3. The molecule has 5 atom stereocenters. The number of carbonyl (C=O) groups excluding carboxylic acids is 4. The summed E-state index contributed by atoms with van der Waals surface area (Å²) in [5.74, 6) is -6.63. The average molecular weight is 876 g/mol. The molecule has 324 valence electrons. The first-order chi connectivity index (χ1) is 29.6. The van der Waals surface area contributed by atoms with Crippen molar-refractivity contribution < 1.29 is 57.2 Å². The number of hydrogen-bond acceptors (Lipinski definition) is 16. The van der Waals surface area contributed by atoms with Gasteiger partial charge in [-0.1, -0.05) is 42.5 Å². The van der Waals surface area contributed by atoms with Crippen LogP contribution >= 0.6 is 11.8 Å². The van der Waals surface area contributed by atoms with Gasteiger partial charge in [0.15, 0.2) is 16.9 Å². The molecule has 0 aliphatic carbocycles. The van der Waals surface area contributed by atoms with Crippen LogP contribution in [0.1, 0.15) is 44.3 Å². The molecule has 2 aliphatic rings. The van der Waals surface area contributed by atoms with E-state index in [1.165, 1.54) is 72.3 Å². The number of carboxylic acid groups (broad SMARTS) is 1. The maximum Gasteiger partial charge on any atom is 0.513 e. The number of β-lactam (4-membered cyclic amide) rings is 1. The Balaban J connectivity index is 1.22. The fourth-order valence-electron chi connectivity index (χ4n) is 7.51. The van der Waals surface area contributed by atoms with Crippen LogP contribution < -0.4 is 42.9 Å². The molecular weight excluding hydrogens is 839 g/mol. The van der Waals surface area contributed by atoms with Crippen LogP contribution in [0.5, 0.6) is 11.5 Å². The summed E-state index contributed by atoms with van der Waals surface area (Å²) in [6, 6.07) is 10.3. The highest BCUT2D eigenvalue weighted by Crippen LogP contribution is 2.50. The van der Waals surface area contributed by atoms with Crippen LogP contribution in [0, 0.1) is 0 Å². The van der Waals surface area contributed by atoms with Crippen molar-refractivity contribution >= 4 is 63.5 Å². The lowest BCUT2D eigenvalue weighted by Gasteiger charge is -2.44. The second-order valence-electron chi connectivity index (χ2n) is 14.5. The summed E-state index contributed by atoms with van der Waals surface area (Å²) < 4.78 is 20.6. The molecule has 22 heteroatoms. The third kappa shape index (κ3) is 7.80. The van der Waals surface area contributed by atoms with E-state index in [-0.39, 0.29) is 45.4 Å². The number of nitrogens with one attached hydrogen (secondary N) is 2. The molecule has 0 bridgehead atoms. The average Bonchev–Trinajstić information content (AvgIpc) is 3.50. The summed E-state index contributed by atoms with van der Waals surface area (Å²) in [6.07, 6.45) is -1.79. The zero-order valence-electron chi connectivity index (χ0n) is 33.2. The Kier molecular flexibility index (Phi) is 11.8. The number of nitrogens with zero attached hydrogens (tertiary/aromatic N) is 3. The summed E-state index contributed by atoms with van der Waals surface area (Å²) in [5.41, 5.74) is -2.26. The van der Waals surface area contributed by atoms with Crippen molar-refractivity contribution in [3.63, 3.8) is 0 Å². The number of carboxylic acids is 1. The van der Waals surface area contributed by atoms with E-state index >= 15 is 0 Å². The number of fused-ring (bicyclic) bond motifs is 3. The first-order valence-electron chi connectivity index (χ1n) is 18.8. The van der Waals surface area contributed by atoms with Crippen LogP contribution in [0.2, 0.25) is 0 Å². The second kappa shape index (κ2) is 17.0. The number of benzene rings is 3. The van der Waals surface area contributed by atoms with Crippen molar-refractivity contribution in [3.8, 4) is 11.5 Å². The minimum absolute atomic E-state index is 0.127. The van der Waals surface area contributed by atoms with Crippen molar-refractivity contribution in [2.75, 3.05) is 14.2 Å². The largest absolute Gasteiger partial charge is 0.513 e. The molecule has 3 amide bonds. The van der Waals surface area contributed by atoms with Crippen LogP contribution in [0.3, 0.4) is 0 Å². The highest BCUT2D eigenvalue weighted by molar-refractivity contribution is 8.01. The van der Waals surface area contributed by atoms with Crippen molar-refractivity contribution in [3.05, 3.63) is 114 Å². The van der Waals surface area contributed by atoms with Crippen LogP contribution in [-0.2, 0) is 35.3 Å². The van der Waals surface area contributed by atoms with Gasteiger partial charge in [0.25, 0.3) is 11.1 Å². The van der Waals surface area contributed by atoms with Gasteiger partial charge in [0.1, 0.15) is 29.5 Å². The van der Waals surface area contributed by atoms with Crippen LogP contribution in [-0.4, -0.2) is 85.4 Å². The van der Waals surface area contributed by atoms with E-state index < -0.39 is 99.7 Å². The number of aliphatic carboxylic acids is 1. The lowest BCUT2D eigenvalue weighted by atomic mass is 9.95. The smallest absolute Gasteiger partial charge is 0.480 e. The lowest BCUT2D eigenvalue weighted by Crippen LogP contribution is -2.71. The molecule has 2 fully saturated rings. The van der Waals surface area contributed by atoms with Gasteiger partial charge >= 0.3 is 23.6 Å². The minimum atomic E-state index is -1.76. The van der Waals surface area contributed by atoms with Crippen molar-refractivity contribution in [1.82, 2.24) is 24.7 Å². The molecule has 4 heterocycles. The van der Waals surface area contributed by atoms with E-state index in [0.29, 0.717) is 9.13 Å². The molecule has 2 aromatic heterocycles. The minimum Gasteiger partial charge on any atom is -0.480 e. The SMILES string of the molecule is COOc1cccc2c(=O)n([C@H](CCCn3c(=O)oc4c(OC(=O)OC)cccc4c3=O)C(=O)NC(C(=O)NC3C(=O)N4C3SC(C)(C)C4C(=O)O)c3ccccc3)c(=O)oc12. The van der Waals surface area contributed by atoms with E-state index in [2.05, 4.69) is 15.4 Å². The Bertz CT molecular complexity index is 2870. The Morgan fingerprint density at radius 1 is 0.839 bits per heavy atom. The molecule has 5 aromatic rings. The summed E-state index contributed by atoms with van der Waals surface area (Å²) in [5, 5.41) is 14.0. The number of thioether (sulfide) groups is 1. The number of carbonyl (C=O) groups is 5. The molecular formula is C40H37N5O16S. The first-order valence-corrected chi connectivity index (χ1v) is 19.7. The van der Waals surface area contributed by atoms with Gasteiger partial charge in [-0.25, -0.2) is 28.3 Å². The number of para-hydroxylation sites is 2. The van der Waals surface area contributed by atoms with Crippen LogP contribution in [0.25, 0.3) is 21.9 Å². The molecule has 2 saturated heterocycles. The van der Waals surface area contributed by atoms with Crippen molar-refractivity contribution in [2.45, 2.75) is 67.5 Å². The Morgan fingerprint density at radius 2 is 1.48 bits per heavy atom. The van der Waals surface area contributed by atoms with E-state index in [1.54, 1.807) is 32.0 Å². The maximum atomic E-state index is 14.5. The van der Waals surface area contributed by atoms with Crippen molar-refractivity contribution in [1.29, 1.82) is 0 Å². The highest BCUT2D eigenvalue weighted by atomic mass is 32.2. The van der Waals surface area contributed by atoms with E-state index in [9.17, 15) is 48.3 Å². The number of rotatable bonds is 14. The molecule has 21 nitrogen and oxygen atoms in total. The molecule has 62 heavy (non-hydrogen) atoms. The van der Waals surface area contributed by atoms with Gasteiger partial charge in [0.2, 0.25) is 23.5 Å². The number of methoxy groups -OCH3 is 1. The summed E-state index contributed by atoms with van der Waals surface area (Å²) in [6.45, 7) is 2.93. The summed E-state index contributed by atoms with van der Waals surface area (Å²) in [4.78, 5) is 131. The standard InChI is InChI=1S/C40H37N5O16S/c1-40(2)29(36(51)52)45-34(50)26(35(45)62-40)42-31(47)25(19-11-6-5-7-12-19)41-30(46)22(44-33(49)21-14-9-17-24(61-57-4)28(21)60-38(44)54)15-10-18-43-32(48)20-13-8-16-23(58-39(55)56-3)27(20)59-37(43)53/h5-9,11-14,16-17,22,25-26,29,35H,10,15,18H2,1-4H3,(H,41,46)(H,42,47)(H,51,52)/t22-,25?,26?,29?,35?/m1/s1. The molecule has 7 rings (SSSR count). The third-order valence-corrected chi connectivity index (χ3v) is 11.9. The first kappa shape index (κ1) is 42.9. The molecule has 0 radical (unpaired) electrons. The van der Waals surface area contributed by atoms with Crippen LogP contribution in [0.15, 0.2) is 94.7 Å². The predicted octanol–water partition coefficient (Wildman–Crippen LogP) is 1.82. The van der Waals surface area contributed by atoms with Gasteiger partial charge in [-0.2, -0.15) is 4.89 Å². The molecule has 0 saturated carbocycles. The maximum absolute atomic E-state index is 14.5. The van der Waals surface area contributed by atoms with Crippen molar-refractivity contribution in [2.24, 2.45) is 0 Å².